The van der Waals surface area contributed by atoms with Gasteiger partial charge in [-0.1, -0.05) is 6.92 Å². The Balaban J connectivity index is 1.92. The summed E-state index contributed by atoms with van der Waals surface area (Å²) in [5, 5.41) is 7.53. The Bertz CT molecular complexity index is 564. The van der Waals surface area contributed by atoms with Crippen LogP contribution in [0.4, 0.5) is 5.69 Å². The second-order valence-electron chi connectivity index (χ2n) is 4.51. The van der Waals surface area contributed by atoms with Crippen LogP contribution in [0, 0.1) is 0 Å². The molecule has 1 N–H and O–H groups in total. The minimum atomic E-state index is 0.217. The Kier molecular flexibility index (Phi) is 2.66. The largest absolute Gasteiger partial charge is 0.471 e. The monoisotopic (exact) mass is 244 g/mol. The molecule has 0 aromatic carbocycles. The molecule has 2 aromatic heterocycles. The van der Waals surface area contributed by atoms with Crippen molar-refractivity contribution >= 4 is 5.69 Å². The molecule has 0 radical (unpaired) electrons. The number of nitrogens with one attached hydrogen (secondary N) is 1. The molecule has 0 saturated carbocycles. The van der Waals surface area contributed by atoms with Crippen molar-refractivity contribution in [3.05, 3.63) is 24.7 Å². The van der Waals surface area contributed by atoms with Crippen LogP contribution in [-0.2, 0) is 7.05 Å². The van der Waals surface area contributed by atoms with E-state index >= 15 is 0 Å². The van der Waals surface area contributed by atoms with Crippen molar-refractivity contribution in [2.45, 2.75) is 19.4 Å². The summed E-state index contributed by atoms with van der Waals surface area (Å²) in [6.45, 7) is 2.95. The average molecular weight is 244 g/mol. The van der Waals surface area contributed by atoms with Crippen LogP contribution in [-0.4, -0.2) is 27.4 Å². The summed E-state index contributed by atoms with van der Waals surface area (Å²) in [5.41, 5.74) is 3.07. The second-order valence-corrected chi connectivity index (χ2v) is 4.51. The molecule has 0 saturated heterocycles. The molecule has 3 rings (SSSR count). The molecule has 1 aliphatic heterocycles. The number of aryl methyl sites for hydroxylation is 1. The summed E-state index contributed by atoms with van der Waals surface area (Å²) in [6.07, 6.45) is 6.84. The van der Waals surface area contributed by atoms with Crippen molar-refractivity contribution in [1.82, 2.24) is 14.8 Å². The minimum Gasteiger partial charge on any atom is -0.471 e. The summed E-state index contributed by atoms with van der Waals surface area (Å²) in [7, 11) is 1.91. The van der Waals surface area contributed by atoms with Crippen LogP contribution in [0.25, 0.3) is 11.1 Å². The van der Waals surface area contributed by atoms with Gasteiger partial charge >= 0.3 is 0 Å². The zero-order valence-electron chi connectivity index (χ0n) is 10.6. The summed E-state index contributed by atoms with van der Waals surface area (Å²) < 4.78 is 7.57. The molecule has 0 unspecified atom stereocenters. The lowest BCUT2D eigenvalue weighted by molar-refractivity contribution is 0.193. The highest BCUT2D eigenvalue weighted by Crippen LogP contribution is 2.31. The standard InChI is InChI=1S/C13H16N4O/c1-3-11-7-14-12-4-9(5-15-13(12)18-11)10-6-16-17(2)8-10/h4-6,8,11,14H,3,7H2,1-2H3/t11-/m0/s1. The van der Waals surface area contributed by atoms with Crippen LogP contribution in [0.5, 0.6) is 5.88 Å². The van der Waals surface area contributed by atoms with E-state index in [0.29, 0.717) is 5.88 Å². The second kappa shape index (κ2) is 4.33. The number of hydrogen-bond donors (Lipinski definition) is 1. The molecule has 0 amide bonds. The number of hydrogen-bond acceptors (Lipinski definition) is 4. The molecule has 1 atom stereocenters. The molecule has 1 aliphatic rings. The van der Waals surface area contributed by atoms with Gasteiger partial charge in [0, 0.05) is 30.6 Å². The van der Waals surface area contributed by atoms with Crippen molar-refractivity contribution in [1.29, 1.82) is 0 Å². The van der Waals surface area contributed by atoms with E-state index in [0.717, 1.165) is 29.8 Å². The van der Waals surface area contributed by atoms with Crippen molar-refractivity contribution in [2.24, 2.45) is 7.05 Å². The molecule has 18 heavy (non-hydrogen) atoms. The Morgan fingerprint density at radius 1 is 1.44 bits per heavy atom. The van der Waals surface area contributed by atoms with E-state index < -0.39 is 0 Å². The Hall–Kier alpha value is -2.04. The topological polar surface area (TPSA) is 52.0 Å². The SMILES string of the molecule is CC[C@H]1CNc2cc(-c3cnn(C)c3)cnc2O1. The first-order chi connectivity index (χ1) is 8.76. The highest BCUT2D eigenvalue weighted by Gasteiger charge is 2.19. The van der Waals surface area contributed by atoms with Gasteiger partial charge in [-0.05, 0) is 12.5 Å². The molecular formula is C13H16N4O. The van der Waals surface area contributed by atoms with E-state index in [1.807, 2.05) is 25.6 Å². The molecule has 94 valence electrons. The fraction of sp³-hybridized carbons (Fsp3) is 0.385. The lowest BCUT2D eigenvalue weighted by Gasteiger charge is -2.25. The highest BCUT2D eigenvalue weighted by atomic mass is 16.5. The van der Waals surface area contributed by atoms with Gasteiger partial charge in [0.05, 0.1) is 18.4 Å². The fourth-order valence-corrected chi connectivity index (χ4v) is 2.05. The van der Waals surface area contributed by atoms with Crippen LogP contribution < -0.4 is 10.1 Å². The predicted octanol–water partition coefficient (Wildman–Crippen LogP) is 2.06. The van der Waals surface area contributed by atoms with Gasteiger partial charge in [0.1, 0.15) is 6.10 Å². The number of pyridine rings is 1. The van der Waals surface area contributed by atoms with E-state index in [1.54, 1.807) is 4.68 Å². The summed E-state index contributed by atoms with van der Waals surface area (Å²) >= 11 is 0. The Labute approximate surface area is 106 Å². The summed E-state index contributed by atoms with van der Waals surface area (Å²) in [6, 6.07) is 2.06. The van der Waals surface area contributed by atoms with Gasteiger partial charge < -0.3 is 10.1 Å². The molecule has 5 nitrogen and oxygen atoms in total. The van der Waals surface area contributed by atoms with Gasteiger partial charge in [0.25, 0.3) is 0 Å². The Morgan fingerprint density at radius 3 is 3.06 bits per heavy atom. The Morgan fingerprint density at radius 2 is 2.33 bits per heavy atom. The van der Waals surface area contributed by atoms with Crippen LogP contribution in [0.15, 0.2) is 24.7 Å². The lowest BCUT2D eigenvalue weighted by atomic mass is 10.1. The number of rotatable bonds is 2. The zero-order chi connectivity index (χ0) is 12.5. The molecule has 2 aromatic rings. The third kappa shape index (κ3) is 1.92. The molecular weight excluding hydrogens is 228 g/mol. The van der Waals surface area contributed by atoms with E-state index in [4.69, 9.17) is 4.74 Å². The van der Waals surface area contributed by atoms with Crippen LogP contribution in [0.2, 0.25) is 0 Å². The zero-order valence-corrected chi connectivity index (χ0v) is 10.6. The van der Waals surface area contributed by atoms with Crippen molar-refractivity contribution < 1.29 is 4.74 Å². The van der Waals surface area contributed by atoms with Gasteiger partial charge in [0.2, 0.25) is 5.88 Å². The first kappa shape index (κ1) is 11.1. The minimum absolute atomic E-state index is 0.217. The van der Waals surface area contributed by atoms with Gasteiger partial charge in [-0.15, -0.1) is 0 Å². The van der Waals surface area contributed by atoms with Crippen molar-refractivity contribution in [3.8, 4) is 17.0 Å². The number of nitrogens with zero attached hydrogens (tertiary/aromatic N) is 3. The van der Waals surface area contributed by atoms with Crippen LogP contribution in [0.1, 0.15) is 13.3 Å². The van der Waals surface area contributed by atoms with Crippen molar-refractivity contribution in [2.75, 3.05) is 11.9 Å². The number of fused-ring (bicyclic) bond motifs is 1. The summed E-state index contributed by atoms with van der Waals surface area (Å²) in [4.78, 5) is 4.38. The third-order valence-electron chi connectivity index (χ3n) is 3.14. The third-order valence-corrected chi connectivity index (χ3v) is 3.14. The van der Waals surface area contributed by atoms with Crippen LogP contribution in [0.3, 0.4) is 0 Å². The molecule has 3 heterocycles. The van der Waals surface area contributed by atoms with Crippen LogP contribution >= 0.6 is 0 Å². The first-order valence-corrected chi connectivity index (χ1v) is 6.16. The quantitative estimate of drug-likeness (QED) is 0.878. The van der Waals surface area contributed by atoms with Gasteiger partial charge in [-0.2, -0.15) is 5.10 Å². The van der Waals surface area contributed by atoms with E-state index in [2.05, 4.69) is 28.4 Å². The maximum absolute atomic E-state index is 5.78. The fourth-order valence-electron chi connectivity index (χ4n) is 2.05. The van der Waals surface area contributed by atoms with Gasteiger partial charge in [-0.25, -0.2) is 4.98 Å². The average Bonchev–Trinajstić information content (AvgIpc) is 2.84. The maximum Gasteiger partial charge on any atom is 0.237 e. The molecule has 0 aliphatic carbocycles. The van der Waals surface area contributed by atoms with E-state index in [1.165, 1.54) is 0 Å². The van der Waals surface area contributed by atoms with E-state index in [9.17, 15) is 0 Å². The normalized spacial score (nSPS) is 17.8. The number of anilines is 1. The number of ether oxygens (including phenoxy) is 1. The molecule has 5 heteroatoms. The van der Waals surface area contributed by atoms with Gasteiger partial charge in [0.15, 0.2) is 0 Å². The molecule has 0 bridgehead atoms. The maximum atomic E-state index is 5.78. The lowest BCUT2D eigenvalue weighted by Crippen LogP contribution is -2.30. The highest BCUT2D eigenvalue weighted by molar-refractivity contribution is 5.69. The van der Waals surface area contributed by atoms with Crippen molar-refractivity contribution in [3.63, 3.8) is 0 Å². The van der Waals surface area contributed by atoms with Gasteiger partial charge in [-0.3, -0.25) is 4.68 Å². The number of aromatic nitrogens is 3. The predicted molar refractivity (Wildman–Crippen MR) is 69.6 cm³/mol. The first-order valence-electron chi connectivity index (χ1n) is 6.16. The molecule has 0 spiro atoms. The smallest absolute Gasteiger partial charge is 0.237 e. The molecule has 0 fully saturated rings. The van der Waals surface area contributed by atoms with E-state index in [-0.39, 0.29) is 6.10 Å². The summed E-state index contributed by atoms with van der Waals surface area (Å²) in [5.74, 6) is 0.695.